The Labute approximate surface area is 114 Å². The van der Waals surface area contributed by atoms with Gasteiger partial charge in [0.25, 0.3) is 0 Å². The van der Waals surface area contributed by atoms with Crippen LogP contribution in [0.15, 0.2) is 18.2 Å². The Kier molecular flexibility index (Phi) is 3.45. The van der Waals surface area contributed by atoms with Crippen molar-refractivity contribution in [2.75, 3.05) is 18.0 Å². The molecule has 1 aliphatic carbocycles. The van der Waals surface area contributed by atoms with Gasteiger partial charge in [-0.1, -0.05) is 19.3 Å². The first-order chi connectivity index (χ1) is 9.24. The third kappa shape index (κ3) is 2.60. The lowest BCUT2D eigenvalue weighted by atomic mass is 9.89. The molecule has 2 aliphatic rings. The summed E-state index contributed by atoms with van der Waals surface area (Å²) in [7, 11) is 0. The fraction of sp³-hybridized carbons (Fsp3) is 0.562. The molecule has 0 atom stereocenters. The molecular weight excluding hydrogens is 238 g/mol. The summed E-state index contributed by atoms with van der Waals surface area (Å²) in [5.41, 5.74) is 2.88. The molecular formula is C16H21NO2. The predicted octanol–water partition coefficient (Wildman–Crippen LogP) is 3.33. The Balaban J connectivity index is 1.72. The fourth-order valence-corrected chi connectivity index (χ4v) is 3.47. The van der Waals surface area contributed by atoms with Crippen molar-refractivity contribution < 1.29 is 9.90 Å². The first-order valence-electron chi connectivity index (χ1n) is 7.35. The van der Waals surface area contributed by atoms with E-state index in [2.05, 4.69) is 4.90 Å². The van der Waals surface area contributed by atoms with E-state index in [0.717, 1.165) is 25.4 Å². The van der Waals surface area contributed by atoms with Crippen LogP contribution in [-0.2, 0) is 6.42 Å². The van der Waals surface area contributed by atoms with Crippen molar-refractivity contribution in [3.8, 4) is 0 Å². The molecule has 3 heteroatoms. The van der Waals surface area contributed by atoms with Gasteiger partial charge in [-0.2, -0.15) is 0 Å². The zero-order valence-corrected chi connectivity index (χ0v) is 11.3. The summed E-state index contributed by atoms with van der Waals surface area (Å²) in [6.45, 7) is 2.20. The van der Waals surface area contributed by atoms with E-state index in [9.17, 15) is 4.79 Å². The maximum atomic E-state index is 11.0. The van der Waals surface area contributed by atoms with Gasteiger partial charge in [0.1, 0.15) is 0 Å². The van der Waals surface area contributed by atoms with Crippen molar-refractivity contribution in [2.24, 2.45) is 5.92 Å². The maximum absolute atomic E-state index is 11.0. The summed E-state index contributed by atoms with van der Waals surface area (Å²) >= 11 is 0. The molecule has 0 radical (unpaired) electrons. The van der Waals surface area contributed by atoms with Gasteiger partial charge >= 0.3 is 5.97 Å². The molecule has 3 rings (SSSR count). The van der Waals surface area contributed by atoms with Crippen LogP contribution < -0.4 is 4.90 Å². The van der Waals surface area contributed by atoms with Crippen LogP contribution in [0.5, 0.6) is 0 Å². The van der Waals surface area contributed by atoms with Gasteiger partial charge in [-0.25, -0.2) is 4.79 Å². The molecule has 3 nitrogen and oxygen atoms in total. The van der Waals surface area contributed by atoms with E-state index in [1.54, 1.807) is 6.07 Å². The largest absolute Gasteiger partial charge is 0.478 e. The molecule has 0 bridgehead atoms. The third-order valence-electron chi connectivity index (χ3n) is 4.52. The number of aromatic carboxylic acids is 1. The number of anilines is 1. The van der Waals surface area contributed by atoms with E-state index in [1.165, 1.54) is 43.4 Å². The third-order valence-corrected chi connectivity index (χ3v) is 4.52. The smallest absolute Gasteiger partial charge is 0.335 e. The number of carbonyl (C=O) groups is 1. The molecule has 1 saturated carbocycles. The minimum atomic E-state index is -0.825. The number of fused-ring (bicyclic) bond motifs is 1. The summed E-state index contributed by atoms with van der Waals surface area (Å²) in [6, 6.07) is 5.58. The molecule has 0 amide bonds. The Bertz CT molecular complexity index is 478. The zero-order chi connectivity index (χ0) is 13.2. The number of hydrogen-bond donors (Lipinski definition) is 1. The van der Waals surface area contributed by atoms with E-state index in [-0.39, 0.29) is 0 Å². The van der Waals surface area contributed by atoms with Gasteiger partial charge in [-0.05, 0) is 48.9 Å². The van der Waals surface area contributed by atoms with Crippen LogP contribution in [-0.4, -0.2) is 24.2 Å². The van der Waals surface area contributed by atoms with E-state index in [4.69, 9.17) is 5.11 Å². The molecule has 102 valence electrons. The quantitative estimate of drug-likeness (QED) is 0.905. The van der Waals surface area contributed by atoms with Gasteiger partial charge in [-0.15, -0.1) is 0 Å². The highest BCUT2D eigenvalue weighted by Gasteiger charge is 2.24. The Hall–Kier alpha value is -1.51. The average molecular weight is 259 g/mol. The molecule has 0 spiro atoms. The molecule has 1 fully saturated rings. The molecule has 1 aromatic carbocycles. The lowest BCUT2D eigenvalue weighted by Gasteiger charge is -2.28. The number of hydrogen-bond acceptors (Lipinski definition) is 2. The van der Waals surface area contributed by atoms with Gasteiger partial charge in [0.15, 0.2) is 0 Å². The maximum Gasteiger partial charge on any atom is 0.335 e. The van der Waals surface area contributed by atoms with Crippen molar-refractivity contribution >= 4 is 11.7 Å². The summed E-state index contributed by atoms with van der Waals surface area (Å²) < 4.78 is 0. The molecule has 0 unspecified atom stereocenters. The summed E-state index contributed by atoms with van der Waals surface area (Å²) in [5, 5.41) is 9.03. The van der Waals surface area contributed by atoms with Crippen LogP contribution in [0.2, 0.25) is 0 Å². The molecule has 1 N–H and O–H groups in total. The highest BCUT2D eigenvalue weighted by atomic mass is 16.4. The molecule has 1 aliphatic heterocycles. The van der Waals surface area contributed by atoms with Crippen LogP contribution in [0, 0.1) is 5.92 Å². The zero-order valence-electron chi connectivity index (χ0n) is 11.3. The van der Waals surface area contributed by atoms with E-state index >= 15 is 0 Å². The van der Waals surface area contributed by atoms with Gasteiger partial charge in [0, 0.05) is 18.8 Å². The first-order valence-corrected chi connectivity index (χ1v) is 7.35. The number of nitrogens with zero attached hydrogens (tertiary/aromatic N) is 1. The second-order valence-corrected chi connectivity index (χ2v) is 5.85. The number of rotatable bonds is 3. The average Bonchev–Trinajstić information content (AvgIpc) is 2.82. The highest BCUT2D eigenvalue weighted by Crippen LogP contribution is 2.32. The summed E-state index contributed by atoms with van der Waals surface area (Å²) in [5.74, 6) is 0.00683. The Morgan fingerprint density at radius 3 is 2.79 bits per heavy atom. The fourth-order valence-electron chi connectivity index (χ4n) is 3.47. The van der Waals surface area contributed by atoms with Crippen LogP contribution in [0.25, 0.3) is 0 Å². The highest BCUT2D eigenvalue weighted by molar-refractivity contribution is 5.88. The Morgan fingerprint density at radius 1 is 1.26 bits per heavy atom. The second kappa shape index (κ2) is 5.24. The summed E-state index contributed by atoms with van der Waals surface area (Å²) in [4.78, 5) is 13.4. The minimum absolute atomic E-state index is 0.415. The van der Waals surface area contributed by atoms with Crippen molar-refractivity contribution in [3.05, 3.63) is 29.3 Å². The van der Waals surface area contributed by atoms with Gasteiger partial charge < -0.3 is 10.0 Å². The van der Waals surface area contributed by atoms with E-state index in [1.807, 2.05) is 12.1 Å². The SMILES string of the molecule is O=C(O)c1ccc2c(c1)CCN2CC1CCCCC1. The van der Waals surface area contributed by atoms with Crippen LogP contribution in [0.3, 0.4) is 0 Å². The minimum Gasteiger partial charge on any atom is -0.478 e. The van der Waals surface area contributed by atoms with E-state index in [0.29, 0.717) is 5.56 Å². The van der Waals surface area contributed by atoms with Crippen molar-refractivity contribution in [3.63, 3.8) is 0 Å². The van der Waals surface area contributed by atoms with Crippen LogP contribution in [0.1, 0.15) is 48.0 Å². The lowest BCUT2D eigenvalue weighted by Crippen LogP contribution is -2.28. The van der Waals surface area contributed by atoms with E-state index < -0.39 is 5.97 Å². The van der Waals surface area contributed by atoms with Crippen molar-refractivity contribution in [1.82, 2.24) is 0 Å². The monoisotopic (exact) mass is 259 g/mol. The number of benzene rings is 1. The molecule has 0 saturated heterocycles. The Morgan fingerprint density at radius 2 is 2.05 bits per heavy atom. The van der Waals surface area contributed by atoms with Crippen LogP contribution in [0.4, 0.5) is 5.69 Å². The molecule has 1 aromatic rings. The topological polar surface area (TPSA) is 40.5 Å². The molecule has 0 aromatic heterocycles. The van der Waals surface area contributed by atoms with Crippen LogP contribution >= 0.6 is 0 Å². The van der Waals surface area contributed by atoms with Crippen molar-refractivity contribution in [1.29, 1.82) is 0 Å². The van der Waals surface area contributed by atoms with Gasteiger partial charge in [0.05, 0.1) is 5.56 Å². The van der Waals surface area contributed by atoms with Gasteiger partial charge in [0.2, 0.25) is 0 Å². The number of carboxylic acid groups (broad SMARTS) is 1. The molecule has 1 heterocycles. The summed E-state index contributed by atoms with van der Waals surface area (Å²) in [6.07, 6.45) is 7.86. The standard InChI is InChI=1S/C16H21NO2/c18-16(19)14-6-7-15-13(10-14)8-9-17(15)11-12-4-2-1-3-5-12/h6-7,10,12H,1-5,8-9,11H2,(H,18,19). The second-order valence-electron chi connectivity index (χ2n) is 5.85. The van der Waals surface area contributed by atoms with Crippen molar-refractivity contribution in [2.45, 2.75) is 38.5 Å². The predicted molar refractivity (Wildman–Crippen MR) is 75.9 cm³/mol. The first kappa shape index (κ1) is 12.5. The molecule has 19 heavy (non-hydrogen) atoms. The van der Waals surface area contributed by atoms with Gasteiger partial charge in [-0.3, -0.25) is 0 Å². The lowest BCUT2D eigenvalue weighted by molar-refractivity contribution is 0.0697. The number of carboxylic acids is 1. The normalized spacial score (nSPS) is 19.5.